The van der Waals surface area contributed by atoms with E-state index in [0.29, 0.717) is 0 Å². The zero-order valence-electron chi connectivity index (χ0n) is 26.1. The second-order valence-corrected chi connectivity index (χ2v) is 12.1. The van der Waals surface area contributed by atoms with Crippen molar-refractivity contribution >= 4 is 28.5 Å². The number of ether oxygens (including phenoxy) is 2. The maximum Gasteiger partial charge on any atom is 0.143 e. The van der Waals surface area contributed by atoms with Gasteiger partial charge >= 0.3 is 0 Å². The van der Waals surface area contributed by atoms with Crippen LogP contribution in [-0.4, -0.2) is 6.10 Å². The third kappa shape index (κ3) is 7.42. The van der Waals surface area contributed by atoms with Crippen molar-refractivity contribution in [3.63, 3.8) is 0 Å². The Balaban J connectivity index is 1.16. The normalized spacial score (nSPS) is 19.5. The zero-order valence-corrected chi connectivity index (χ0v) is 26.8. The summed E-state index contributed by atoms with van der Waals surface area (Å²) < 4.78 is 12.9. The smallest absolute Gasteiger partial charge is 0.143 e. The third-order valence-corrected chi connectivity index (χ3v) is 8.95. The summed E-state index contributed by atoms with van der Waals surface area (Å²) in [6, 6.07) is 41.4. The van der Waals surface area contributed by atoms with Crippen molar-refractivity contribution in [3.8, 4) is 0 Å². The molecule has 2 unspecified atom stereocenters. The molecule has 0 radical (unpaired) electrons. The molecule has 2 aliphatic heterocycles. The Hall–Kier alpha value is -5.27. The molecule has 7 rings (SSSR count). The van der Waals surface area contributed by atoms with Crippen molar-refractivity contribution in [2.24, 2.45) is 0 Å². The molecule has 2 nitrogen and oxygen atoms in total. The van der Waals surface area contributed by atoms with Crippen molar-refractivity contribution in [1.29, 1.82) is 0 Å². The number of hydrogen-bond acceptors (Lipinski definition) is 2. The van der Waals surface area contributed by atoms with E-state index in [2.05, 4.69) is 109 Å². The van der Waals surface area contributed by atoms with E-state index in [0.717, 1.165) is 80.4 Å². The Labute approximate surface area is 282 Å². The number of allylic oxidation sites excluding steroid dienone is 8. The first-order valence-corrected chi connectivity index (χ1v) is 16.5. The van der Waals surface area contributed by atoms with Gasteiger partial charge < -0.3 is 9.47 Å². The van der Waals surface area contributed by atoms with Gasteiger partial charge in [-0.05, 0) is 83.1 Å². The molecule has 2 heterocycles. The molecule has 230 valence electrons. The molecule has 47 heavy (non-hydrogen) atoms. The molecule has 3 heteroatoms. The number of benzene rings is 4. The zero-order chi connectivity index (χ0) is 31.8. The second-order valence-electron chi connectivity index (χ2n) is 11.7. The predicted octanol–water partition coefficient (Wildman–Crippen LogP) is 11.6. The molecule has 0 aromatic heterocycles. The maximum atomic E-state index is 7.05. The average molecular weight is 631 g/mol. The highest BCUT2D eigenvalue weighted by Gasteiger charge is 2.20. The van der Waals surface area contributed by atoms with Gasteiger partial charge in [-0.2, -0.15) is 0 Å². The van der Waals surface area contributed by atoms with Gasteiger partial charge in [-0.25, -0.2) is 0 Å². The summed E-state index contributed by atoms with van der Waals surface area (Å²) in [6.07, 6.45) is 17.0. The van der Waals surface area contributed by atoms with Gasteiger partial charge in [-0.3, -0.25) is 0 Å². The fourth-order valence-corrected chi connectivity index (χ4v) is 6.34. The summed E-state index contributed by atoms with van der Waals surface area (Å²) in [6.45, 7) is 0. The predicted molar refractivity (Wildman–Crippen MR) is 194 cm³/mol. The van der Waals surface area contributed by atoms with Gasteiger partial charge in [0.25, 0.3) is 0 Å². The molecule has 3 aliphatic rings. The molecule has 2 atom stereocenters. The van der Waals surface area contributed by atoms with Crippen molar-refractivity contribution in [3.05, 3.63) is 214 Å². The van der Waals surface area contributed by atoms with Crippen LogP contribution >= 0.6 is 11.6 Å². The Bertz CT molecular complexity index is 1970. The minimum atomic E-state index is -0.276. The van der Waals surface area contributed by atoms with Gasteiger partial charge in [0.2, 0.25) is 0 Å². The summed E-state index contributed by atoms with van der Waals surface area (Å²) in [5, 5.41) is 0.750. The van der Waals surface area contributed by atoms with Crippen LogP contribution in [0.15, 0.2) is 192 Å². The molecule has 0 spiro atoms. The summed E-state index contributed by atoms with van der Waals surface area (Å²) in [5.41, 5.74) is 12.3. The molecule has 4 aromatic rings. The topological polar surface area (TPSA) is 18.5 Å². The molecule has 4 aromatic carbocycles. The Morgan fingerprint density at radius 2 is 1.21 bits per heavy atom. The van der Waals surface area contributed by atoms with E-state index >= 15 is 0 Å². The molecule has 0 bridgehead atoms. The molecular weight excluding hydrogens is 596 g/mol. The molecule has 0 fully saturated rings. The van der Waals surface area contributed by atoms with E-state index in [1.54, 1.807) is 0 Å². The quantitative estimate of drug-likeness (QED) is 0.189. The van der Waals surface area contributed by atoms with E-state index in [-0.39, 0.29) is 12.2 Å². The van der Waals surface area contributed by atoms with E-state index < -0.39 is 0 Å². The van der Waals surface area contributed by atoms with Gasteiger partial charge in [-0.15, -0.1) is 5.73 Å². The van der Waals surface area contributed by atoms with Crippen LogP contribution in [0.1, 0.15) is 47.6 Å². The van der Waals surface area contributed by atoms with Crippen LogP contribution in [0.4, 0.5) is 0 Å². The lowest BCUT2D eigenvalue weighted by atomic mass is 9.94. The Kier molecular flexibility index (Phi) is 9.33. The minimum Gasteiger partial charge on any atom is -0.482 e. The summed E-state index contributed by atoms with van der Waals surface area (Å²) in [7, 11) is 0. The van der Waals surface area contributed by atoms with Gasteiger partial charge in [-0.1, -0.05) is 139 Å². The van der Waals surface area contributed by atoms with Crippen molar-refractivity contribution < 1.29 is 9.47 Å². The monoisotopic (exact) mass is 630 g/mol. The lowest BCUT2D eigenvalue weighted by Gasteiger charge is -2.23. The van der Waals surface area contributed by atoms with Crippen molar-refractivity contribution in [2.45, 2.75) is 31.5 Å². The second kappa shape index (κ2) is 14.4. The highest BCUT2D eigenvalue weighted by atomic mass is 35.5. The largest absolute Gasteiger partial charge is 0.482 e. The van der Waals surface area contributed by atoms with E-state index in [1.807, 2.05) is 60.7 Å². The SMILES string of the molecule is ClC1=C(C=CC2=CC(c3ccccc3)=CC(c3ccccc3)O2)CCCC1=C=CC1C=C(c2ccccc2)C=C(c2ccccc2)O1. The van der Waals surface area contributed by atoms with Crippen LogP contribution in [0.2, 0.25) is 0 Å². The molecule has 1 aliphatic carbocycles. The first kappa shape index (κ1) is 30.4. The fraction of sp³-hybridized carbons (Fsp3) is 0.114. The standard InChI is InChI=1S/C44H35ClO2/c45-44-36(24-26-40-28-38(32-14-5-1-6-15-32)30-42(46-40)34-18-9-3-10-19-34)22-13-23-37(44)25-27-41-29-39(33-16-7-2-8-17-33)31-43(47-41)35-20-11-4-12-21-35/h1-12,14-21,24,26-31,41-42H,13,22-23H2. The van der Waals surface area contributed by atoms with Crippen LogP contribution in [0.5, 0.6) is 0 Å². The van der Waals surface area contributed by atoms with Gasteiger partial charge in [0, 0.05) is 17.2 Å². The van der Waals surface area contributed by atoms with Gasteiger partial charge in [0.15, 0.2) is 0 Å². The Morgan fingerprint density at radius 1 is 0.617 bits per heavy atom. The van der Waals surface area contributed by atoms with Crippen LogP contribution in [0.25, 0.3) is 16.9 Å². The van der Waals surface area contributed by atoms with Gasteiger partial charge in [0.1, 0.15) is 23.7 Å². The summed E-state index contributed by atoms with van der Waals surface area (Å²) in [5.74, 6) is 1.64. The Morgan fingerprint density at radius 3 is 1.87 bits per heavy atom. The van der Waals surface area contributed by atoms with E-state index in [1.165, 1.54) is 0 Å². The fourth-order valence-electron chi connectivity index (χ4n) is 6.04. The van der Waals surface area contributed by atoms with E-state index in [4.69, 9.17) is 21.1 Å². The number of rotatable bonds is 7. The minimum absolute atomic E-state index is 0.176. The number of halogens is 1. The van der Waals surface area contributed by atoms with Crippen LogP contribution < -0.4 is 0 Å². The summed E-state index contributed by atoms with van der Waals surface area (Å²) >= 11 is 7.05. The first-order chi connectivity index (χ1) is 23.2. The first-order valence-electron chi connectivity index (χ1n) is 16.1. The summed E-state index contributed by atoms with van der Waals surface area (Å²) in [4.78, 5) is 0. The average Bonchev–Trinajstić information content (AvgIpc) is 3.15. The van der Waals surface area contributed by atoms with Crippen LogP contribution in [-0.2, 0) is 9.47 Å². The highest BCUT2D eigenvalue weighted by molar-refractivity contribution is 6.32. The molecule has 0 saturated carbocycles. The van der Waals surface area contributed by atoms with Crippen LogP contribution in [0.3, 0.4) is 0 Å². The maximum absolute atomic E-state index is 7.05. The van der Waals surface area contributed by atoms with Gasteiger partial charge in [0.05, 0.1) is 5.03 Å². The molecule has 0 N–H and O–H groups in total. The molecule has 0 amide bonds. The van der Waals surface area contributed by atoms with Crippen LogP contribution in [0, 0.1) is 0 Å². The highest BCUT2D eigenvalue weighted by Crippen LogP contribution is 2.36. The van der Waals surface area contributed by atoms with E-state index in [9.17, 15) is 0 Å². The third-order valence-electron chi connectivity index (χ3n) is 8.48. The number of hydrogen-bond donors (Lipinski definition) is 0. The van der Waals surface area contributed by atoms with Crippen molar-refractivity contribution in [2.75, 3.05) is 0 Å². The lowest BCUT2D eigenvalue weighted by molar-refractivity contribution is 0.164. The molecule has 0 saturated heterocycles. The van der Waals surface area contributed by atoms with Crippen molar-refractivity contribution in [1.82, 2.24) is 0 Å². The molecular formula is C44H35ClO2. The lowest BCUT2D eigenvalue weighted by Crippen LogP contribution is -2.11.